The van der Waals surface area contributed by atoms with Crippen molar-refractivity contribution in [3.8, 4) is 0 Å². The Morgan fingerprint density at radius 1 is 1.14 bits per heavy atom. The molecule has 0 N–H and O–H groups in total. The second kappa shape index (κ2) is 8.26. The highest BCUT2D eigenvalue weighted by Crippen LogP contribution is 2.29. The Hall–Kier alpha value is -2.22. The number of amides is 2. The zero-order valence-corrected chi connectivity index (χ0v) is 18.2. The van der Waals surface area contributed by atoms with Crippen molar-refractivity contribution in [2.24, 2.45) is 5.92 Å². The van der Waals surface area contributed by atoms with Crippen molar-refractivity contribution in [3.05, 3.63) is 33.5 Å². The lowest BCUT2D eigenvalue weighted by molar-refractivity contribution is -0.133. The van der Waals surface area contributed by atoms with E-state index in [1.54, 1.807) is 0 Å². The average Bonchev–Trinajstić information content (AvgIpc) is 3.32. The van der Waals surface area contributed by atoms with E-state index >= 15 is 0 Å². The largest absolute Gasteiger partial charge is 0.343 e. The predicted molar refractivity (Wildman–Crippen MR) is 112 cm³/mol. The summed E-state index contributed by atoms with van der Waals surface area (Å²) in [5.41, 5.74) is 1.03. The third-order valence-electron chi connectivity index (χ3n) is 5.92. The maximum absolute atomic E-state index is 12.8. The molecule has 0 radical (unpaired) electrons. The molecule has 1 saturated heterocycles. The van der Waals surface area contributed by atoms with Crippen LogP contribution in [-0.4, -0.2) is 56.0 Å². The van der Waals surface area contributed by atoms with E-state index in [-0.39, 0.29) is 11.8 Å². The van der Waals surface area contributed by atoms with Crippen molar-refractivity contribution < 1.29 is 9.59 Å². The first-order chi connectivity index (χ1) is 13.9. The molecule has 29 heavy (non-hydrogen) atoms. The maximum Gasteiger partial charge on any atom is 0.264 e. The number of thiophene rings is 1. The number of nitrogens with zero attached hydrogens (tertiary/aromatic N) is 5. The van der Waals surface area contributed by atoms with Crippen LogP contribution in [0.15, 0.2) is 11.4 Å². The molecule has 0 unspecified atom stereocenters. The molecule has 8 heteroatoms. The molecule has 7 nitrogen and oxygen atoms in total. The van der Waals surface area contributed by atoms with E-state index in [1.165, 1.54) is 11.3 Å². The van der Waals surface area contributed by atoms with Gasteiger partial charge in [0.25, 0.3) is 5.91 Å². The maximum atomic E-state index is 12.8. The third kappa shape index (κ3) is 4.08. The van der Waals surface area contributed by atoms with Crippen molar-refractivity contribution in [1.82, 2.24) is 24.6 Å². The smallest absolute Gasteiger partial charge is 0.264 e. The topological polar surface area (TPSA) is 71.3 Å². The quantitative estimate of drug-likeness (QED) is 0.769. The second-order valence-electron chi connectivity index (χ2n) is 8.54. The minimum absolute atomic E-state index is 0.0882. The van der Waals surface area contributed by atoms with Gasteiger partial charge in [0, 0.05) is 38.5 Å². The number of piperidine rings is 1. The Bertz CT molecular complexity index is 895. The Balaban J connectivity index is 1.40. The molecule has 1 fully saturated rings. The highest BCUT2D eigenvalue weighted by molar-refractivity contribution is 7.12. The number of aromatic nitrogens is 3. The van der Waals surface area contributed by atoms with E-state index in [4.69, 9.17) is 0 Å². The minimum Gasteiger partial charge on any atom is -0.343 e. The lowest BCUT2D eigenvalue weighted by Gasteiger charge is -2.33. The van der Waals surface area contributed by atoms with Gasteiger partial charge >= 0.3 is 0 Å². The Labute approximate surface area is 175 Å². The second-order valence-corrected chi connectivity index (χ2v) is 9.45. The van der Waals surface area contributed by atoms with Crippen LogP contribution in [0.1, 0.15) is 65.9 Å². The Morgan fingerprint density at radius 3 is 2.55 bits per heavy atom. The molecule has 2 aliphatic heterocycles. The first kappa shape index (κ1) is 20.1. The fraction of sp³-hybridized carbons (Fsp3) is 0.619. The third-order valence-corrected chi connectivity index (χ3v) is 6.93. The SMILES string of the molecule is Cc1ccsc1C(=O)N1CCn2c(nnc2C2CCN(C(=O)CC(C)C)CC2)C1. The van der Waals surface area contributed by atoms with Gasteiger partial charge in [0.05, 0.1) is 11.4 Å². The van der Waals surface area contributed by atoms with Crippen LogP contribution in [0.25, 0.3) is 0 Å². The van der Waals surface area contributed by atoms with Gasteiger partial charge in [-0.3, -0.25) is 9.59 Å². The molecular formula is C21H29N5O2S. The van der Waals surface area contributed by atoms with Crippen molar-refractivity contribution in [3.63, 3.8) is 0 Å². The summed E-state index contributed by atoms with van der Waals surface area (Å²) < 4.78 is 2.20. The number of likely N-dealkylation sites (tertiary alicyclic amines) is 1. The van der Waals surface area contributed by atoms with Crippen LogP contribution in [0.3, 0.4) is 0 Å². The van der Waals surface area contributed by atoms with Gasteiger partial charge < -0.3 is 14.4 Å². The molecule has 4 heterocycles. The summed E-state index contributed by atoms with van der Waals surface area (Å²) in [5, 5.41) is 10.9. The van der Waals surface area contributed by atoms with E-state index in [2.05, 4.69) is 28.6 Å². The van der Waals surface area contributed by atoms with Crippen LogP contribution >= 0.6 is 11.3 Å². The fourth-order valence-corrected chi connectivity index (χ4v) is 5.15. The lowest BCUT2D eigenvalue weighted by Crippen LogP contribution is -2.40. The Morgan fingerprint density at radius 2 is 1.90 bits per heavy atom. The highest BCUT2D eigenvalue weighted by Gasteiger charge is 2.31. The van der Waals surface area contributed by atoms with Crippen LogP contribution in [-0.2, 0) is 17.9 Å². The standard InChI is InChI=1S/C21H29N5O2S/c1-14(2)12-18(27)24-7-4-16(5-8-24)20-23-22-17-13-25(9-10-26(17)20)21(28)19-15(3)6-11-29-19/h6,11,14,16H,4-5,7-10,12-13H2,1-3H3. The number of hydrogen-bond acceptors (Lipinski definition) is 5. The summed E-state index contributed by atoms with van der Waals surface area (Å²) in [4.78, 5) is 29.8. The first-order valence-electron chi connectivity index (χ1n) is 10.5. The zero-order valence-electron chi connectivity index (χ0n) is 17.4. The van der Waals surface area contributed by atoms with Gasteiger partial charge in [0.2, 0.25) is 5.91 Å². The average molecular weight is 416 g/mol. The number of fused-ring (bicyclic) bond motifs is 1. The molecular weight excluding hydrogens is 386 g/mol. The molecule has 0 saturated carbocycles. The lowest BCUT2D eigenvalue weighted by atomic mass is 9.95. The zero-order chi connectivity index (χ0) is 20.5. The van der Waals surface area contributed by atoms with E-state index in [0.717, 1.165) is 54.6 Å². The van der Waals surface area contributed by atoms with Crippen molar-refractivity contribution in [2.75, 3.05) is 19.6 Å². The van der Waals surface area contributed by atoms with Gasteiger partial charge in [0.15, 0.2) is 5.82 Å². The van der Waals surface area contributed by atoms with Crippen LogP contribution in [0.2, 0.25) is 0 Å². The number of aryl methyl sites for hydroxylation is 1. The van der Waals surface area contributed by atoms with Gasteiger partial charge in [-0.1, -0.05) is 13.8 Å². The summed E-state index contributed by atoms with van der Waals surface area (Å²) in [6.07, 6.45) is 2.48. The van der Waals surface area contributed by atoms with Crippen molar-refractivity contribution in [2.45, 2.75) is 59.0 Å². The molecule has 0 aliphatic carbocycles. The summed E-state index contributed by atoms with van der Waals surface area (Å²) in [5.74, 6) is 2.97. The number of carbonyl (C=O) groups is 2. The summed E-state index contributed by atoms with van der Waals surface area (Å²) in [7, 11) is 0. The first-order valence-corrected chi connectivity index (χ1v) is 11.3. The highest BCUT2D eigenvalue weighted by atomic mass is 32.1. The Kier molecular flexibility index (Phi) is 5.72. The van der Waals surface area contributed by atoms with E-state index in [1.807, 2.05) is 28.2 Å². The van der Waals surface area contributed by atoms with Crippen LogP contribution in [0, 0.1) is 12.8 Å². The van der Waals surface area contributed by atoms with Gasteiger partial charge in [0.1, 0.15) is 5.82 Å². The van der Waals surface area contributed by atoms with Gasteiger partial charge in [-0.25, -0.2) is 0 Å². The molecule has 2 aromatic rings. The molecule has 2 amide bonds. The molecule has 2 aliphatic rings. The predicted octanol–water partition coefficient (Wildman–Crippen LogP) is 3.06. The number of carbonyl (C=O) groups excluding carboxylic acids is 2. The monoisotopic (exact) mass is 415 g/mol. The van der Waals surface area contributed by atoms with Gasteiger partial charge in [-0.15, -0.1) is 21.5 Å². The van der Waals surface area contributed by atoms with Crippen LogP contribution in [0.4, 0.5) is 0 Å². The summed E-state index contributed by atoms with van der Waals surface area (Å²) >= 11 is 1.50. The van der Waals surface area contributed by atoms with Gasteiger partial charge in [-0.2, -0.15) is 0 Å². The summed E-state index contributed by atoms with van der Waals surface area (Å²) in [6.45, 7) is 9.66. The molecule has 0 aromatic carbocycles. The molecule has 0 atom stereocenters. The normalized spacial score (nSPS) is 17.7. The summed E-state index contributed by atoms with van der Waals surface area (Å²) in [6, 6.07) is 1.99. The van der Waals surface area contributed by atoms with Crippen molar-refractivity contribution in [1.29, 1.82) is 0 Å². The van der Waals surface area contributed by atoms with E-state index < -0.39 is 0 Å². The van der Waals surface area contributed by atoms with E-state index in [0.29, 0.717) is 31.3 Å². The minimum atomic E-state index is 0.0882. The molecule has 4 rings (SSSR count). The van der Waals surface area contributed by atoms with Crippen molar-refractivity contribution >= 4 is 23.2 Å². The van der Waals surface area contributed by atoms with Crippen LogP contribution in [0.5, 0.6) is 0 Å². The van der Waals surface area contributed by atoms with Gasteiger partial charge in [-0.05, 0) is 42.7 Å². The van der Waals surface area contributed by atoms with E-state index in [9.17, 15) is 9.59 Å². The molecule has 156 valence electrons. The number of rotatable bonds is 4. The number of hydrogen-bond donors (Lipinski definition) is 0. The molecule has 0 spiro atoms. The van der Waals surface area contributed by atoms with Crippen LogP contribution < -0.4 is 0 Å². The molecule has 2 aromatic heterocycles. The molecule has 0 bridgehead atoms. The fourth-order valence-electron chi connectivity index (χ4n) is 4.26.